The molecule has 1 unspecified atom stereocenters. The molecule has 1 saturated carbocycles. The van der Waals surface area contributed by atoms with E-state index in [-0.39, 0.29) is 11.6 Å². The Labute approximate surface area is 129 Å². The number of methoxy groups -OCH3 is 1. The lowest BCUT2D eigenvalue weighted by molar-refractivity contribution is -0.0877. The number of nitrogens with two attached hydrogens (primary N) is 1. The molecule has 2 rings (SSSR count). The molecular formula is C18H30N2O. The van der Waals surface area contributed by atoms with Crippen molar-refractivity contribution in [3.63, 3.8) is 0 Å². The molecule has 3 heteroatoms. The van der Waals surface area contributed by atoms with E-state index in [0.717, 1.165) is 19.3 Å². The molecule has 0 amide bonds. The van der Waals surface area contributed by atoms with Crippen LogP contribution < -0.4 is 11.3 Å². The number of hydrogen-bond donors (Lipinski definition) is 2. The zero-order chi connectivity index (χ0) is 15.5. The molecule has 0 heterocycles. The number of hydrogen-bond acceptors (Lipinski definition) is 3. The van der Waals surface area contributed by atoms with Gasteiger partial charge in [-0.1, -0.05) is 45.0 Å². The van der Waals surface area contributed by atoms with Gasteiger partial charge in [0.05, 0.1) is 11.6 Å². The van der Waals surface area contributed by atoms with Crippen LogP contribution >= 0.6 is 0 Å². The fourth-order valence-electron chi connectivity index (χ4n) is 3.51. The fraction of sp³-hybridized carbons (Fsp3) is 0.667. The normalized spacial score (nSPS) is 22.0. The van der Waals surface area contributed by atoms with Gasteiger partial charge in [-0.05, 0) is 48.6 Å². The molecule has 1 aromatic carbocycles. The minimum atomic E-state index is -0.198. The van der Waals surface area contributed by atoms with Crippen LogP contribution in [-0.2, 0) is 11.2 Å². The Balaban J connectivity index is 2.29. The first-order valence-corrected chi connectivity index (χ1v) is 8.06. The lowest BCUT2D eigenvalue weighted by Gasteiger charge is -2.47. The van der Waals surface area contributed by atoms with Crippen molar-refractivity contribution >= 4 is 0 Å². The molecule has 1 fully saturated rings. The fourth-order valence-corrected chi connectivity index (χ4v) is 3.51. The number of benzene rings is 1. The van der Waals surface area contributed by atoms with Crippen molar-refractivity contribution in [2.75, 3.05) is 7.11 Å². The highest BCUT2D eigenvalue weighted by atomic mass is 16.5. The molecular weight excluding hydrogens is 260 g/mol. The molecule has 0 aromatic heterocycles. The van der Waals surface area contributed by atoms with Crippen molar-refractivity contribution in [1.29, 1.82) is 0 Å². The topological polar surface area (TPSA) is 47.3 Å². The third-order valence-electron chi connectivity index (χ3n) is 5.24. The summed E-state index contributed by atoms with van der Waals surface area (Å²) in [6.45, 7) is 6.86. The minimum Gasteiger partial charge on any atom is -0.376 e. The predicted octanol–water partition coefficient (Wildman–Crippen LogP) is 3.74. The highest BCUT2D eigenvalue weighted by Gasteiger charge is 2.44. The Bertz CT molecular complexity index is 460. The van der Waals surface area contributed by atoms with Crippen LogP contribution in [0.3, 0.4) is 0 Å². The summed E-state index contributed by atoms with van der Waals surface area (Å²) in [4.78, 5) is 0. The van der Waals surface area contributed by atoms with Crippen LogP contribution in [0.4, 0.5) is 0 Å². The largest absolute Gasteiger partial charge is 0.376 e. The van der Waals surface area contributed by atoms with E-state index in [2.05, 4.69) is 50.5 Å². The van der Waals surface area contributed by atoms with Gasteiger partial charge in [0.25, 0.3) is 0 Å². The first-order valence-electron chi connectivity index (χ1n) is 8.06. The number of hydrazine groups is 1. The van der Waals surface area contributed by atoms with Crippen LogP contribution in [-0.4, -0.2) is 12.7 Å². The number of nitrogens with one attached hydrogen (secondary N) is 1. The van der Waals surface area contributed by atoms with Gasteiger partial charge in [0.2, 0.25) is 0 Å². The Kier molecular flexibility index (Phi) is 5.07. The van der Waals surface area contributed by atoms with E-state index in [4.69, 9.17) is 10.6 Å². The molecule has 0 aliphatic heterocycles. The van der Waals surface area contributed by atoms with Gasteiger partial charge in [0.15, 0.2) is 0 Å². The van der Waals surface area contributed by atoms with E-state index in [0.29, 0.717) is 5.41 Å². The van der Waals surface area contributed by atoms with Gasteiger partial charge >= 0.3 is 0 Å². The second-order valence-electron chi connectivity index (χ2n) is 7.13. The minimum absolute atomic E-state index is 0.0464. The van der Waals surface area contributed by atoms with Gasteiger partial charge in [-0.2, -0.15) is 0 Å². The van der Waals surface area contributed by atoms with E-state index < -0.39 is 0 Å². The van der Waals surface area contributed by atoms with Crippen molar-refractivity contribution in [1.82, 2.24) is 5.43 Å². The smallest absolute Gasteiger partial charge is 0.0885 e. The molecule has 0 spiro atoms. The summed E-state index contributed by atoms with van der Waals surface area (Å²) in [5, 5.41) is 0. The monoisotopic (exact) mass is 290 g/mol. The Morgan fingerprint density at radius 2 is 1.90 bits per heavy atom. The molecule has 1 aromatic rings. The first-order chi connectivity index (χ1) is 9.96. The highest BCUT2D eigenvalue weighted by molar-refractivity contribution is 5.28. The second-order valence-corrected chi connectivity index (χ2v) is 7.13. The summed E-state index contributed by atoms with van der Waals surface area (Å²) in [5.74, 6) is 5.93. The summed E-state index contributed by atoms with van der Waals surface area (Å²) in [7, 11) is 1.83. The predicted molar refractivity (Wildman–Crippen MR) is 87.9 cm³/mol. The van der Waals surface area contributed by atoms with Gasteiger partial charge in [0.1, 0.15) is 0 Å². The highest BCUT2D eigenvalue weighted by Crippen LogP contribution is 2.47. The van der Waals surface area contributed by atoms with Crippen molar-refractivity contribution < 1.29 is 4.74 Å². The second kappa shape index (κ2) is 6.47. The maximum atomic E-state index is 6.01. The van der Waals surface area contributed by atoms with Crippen LogP contribution in [0, 0.1) is 5.41 Å². The maximum absolute atomic E-state index is 6.01. The average Bonchev–Trinajstić information content (AvgIpc) is 2.50. The Morgan fingerprint density at radius 3 is 2.43 bits per heavy atom. The van der Waals surface area contributed by atoms with Crippen LogP contribution in [0.2, 0.25) is 0 Å². The molecule has 1 aliphatic carbocycles. The number of aryl methyl sites for hydroxylation is 1. The van der Waals surface area contributed by atoms with E-state index in [1.807, 2.05) is 7.11 Å². The summed E-state index contributed by atoms with van der Waals surface area (Å²) in [5.41, 5.74) is 5.82. The molecule has 0 saturated heterocycles. The molecule has 3 nitrogen and oxygen atoms in total. The van der Waals surface area contributed by atoms with Crippen molar-refractivity contribution in [2.45, 2.75) is 64.5 Å². The molecule has 21 heavy (non-hydrogen) atoms. The molecule has 1 aliphatic rings. The summed E-state index contributed by atoms with van der Waals surface area (Å²) < 4.78 is 6.01. The van der Waals surface area contributed by atoms with Crippen molar-refractivity contribution in [3.05, 3.63) is 35.4 Å². The van der Waals surface area contributed by atoms with Gasteiger partial charge < -0.3 is 4.74 Å². The van der Waals surface area contributed by atoms with Crippen LogP contribution in [0.5, 0.6) is 0 Å². The molecule has 3 N–H and O–H groups in total. The van der Waals surface area contributed by atoms with Gasteiger partial charge in [-0.15, -0.1) is 0 Å². The van der Waals surface area contributed by atoms with Crippen LogP contribution in [0.25, 0.3) is 0 Å². The first kappa shape index (κ1) is 16.5. The Hall–Kier alpha value is -0.900. The zero-order valence-corrected chi connectivity index (χ0v) is 13.9. The van der Waals surface area contributed by atoms with Gasteiger partial charge in [0, 0.05) is 7.11 Å². The third kappa shape index (κ3) is 3.47. The van der Waals surface area contributed by atoms with Crippen molar-refractivity contribution in [3.8, 4) is 0 Å². The SMILES string of the molecule is CCc1cccc(C(NN)C2(OC)CCC(C)(C)CC2)c1. The number of ether oxygens (including phenoxy) is 1. The lowest BCUT2D eigenvalue weighted by atomic mass is 9.67. The molecule has 1 atom stereocenters. The zero-order valence-electron chi connectivity index (χ0n) is 13.9. The van der Waals surface area contributed by atoms with E-state index in [1.165, 1.54) is 24.0 Å². The average molecular weight is 290 g/mol. The van der Waals surface area contributed by atoms with E-state index in [9.17, 15) is 0 Å². The lowest BCUT2D eigenvalue weighted by Crippen LogP contribution is -2.51. The van der Waals surface area contributed by atoms with E-state index in [1.54, 1.807) is 0 Å². The van der Waals surface area contributed by atoms with E-state index >= 15 is 0 Å². The molecule has 0 radical (unpaired) electrons. The summed E-state index contributed by atoms with van der Waals surface area (Å²) in [6, 6.07) is 8.75. The number of rotatable bonds is 5. The quantitative estimate of drug-likeness (QED) is 0.641. The van der Waals surface area contributed by atoms with Gasteiger partial charge in [-0.3, -0.25) is 11.3 Å². The van der Waals surface area contributed by atoms with Crippen molar-refractivity contribution in [2.24, 2.45) is 11.3 Å². The van der Waals surface area contributed by atoms with Crippen LogP contribution in [0.1, 0.15) is 63.6 Å². The van der Waals surface area contributed by atoms with Crippen LogP contribution in [0.15, 0.2) is 24.3 Å². The molecule has 0 bridgehead atoms. The molecule has 118 valence electrons. The summed E-state index contributed by atoms with van der Waals surface area (Å²) in [6.07, 6.45) is 5.47. The Morgan fingerprint density at radius 1 is 1.24 bits per heavy atom. The van der Waals surface area contributed by atoms with Gasteiger partial charge in [-0.25, -0.2) is 0 Å². The standard InChI is InChI=1S/C18H30N2O/c1-5-14-7-6-8-15(13-14)16(20-19)18(21-4)11-9-17(2,3)10-12-18/h6-8,13,16,20H,5,9-12,19H2,1-4H3. The third-order valence-corrected chi connectivity index (χ3v) is 5.24. The maximum Gasteiger partial charge on any atom is 0.0885 e. The summed E-state index contributed by atoms with van der Waals surface area (Å²) >= 11 is 0.